The maximum atomic E-state index is 12.2. The fourth-order valence-corrected chi connectivity index (χ4v) is 2.92. The van der Waals surface area contributed by atoms with Crippen molar-refractivity contribution < 1.29 is 14.4 Å². The van der Waals surface area contributed by atoms with Gasteiger partial charge in [0.1, 0.15) is 0 Å². The van der Waals surface area contributed by atoms with Crippen LogP contribution in [0.4, 0.5) is 5.69 Å². The lowest BCUT2D eigenvalue weighted by Crippen LogP contribution is -2.50. The molecule has 1 aromatic rings. The van der Waals surface area contributed by atoms with Crippen molar-refractivity contribution in [1.82, 2.24) is 9.80 Å². The first-order valence-electron chi connectivity index (χ1n) is 8.26. The number of carbonyl (C=O) groups is 3. The van der Waals surface area contributed by atoms with E-state index in [-0.39, 0.29) is 30.6 Å². The summed E-state index contributed by atoms with van der Waals surface area (Å²) < 4.78 is 0. The van der Waals surface area contributed by atoms with Gasteiger partial charge in [0.25, 0.3) is 0 Å². The summed E-state index contributed by atoms with van der Waals surface area (Å²) in [6.45, 7) is 7.70. The van der Waals surface area contributed by atoms with Crippen LogP contribution in [0.1, 0.15) is 30.9 Å². The first-order valence-corrected chi connectivity index (χ1v) is 8.26. The largest absolute Gasteiger partial charge is 0.339 e. The zero-order valence-electron chi connectivity index (χ0n) is 14.6. The molecule has 0 aliphatic carbocycles. The summed E-state index contributed by atoms with van der Waals surface area (Å²) in [6, 6.07) is 5.86. The van der Waals surface area contributed by atoms with Crippen LogP contribution in [0.5, 0.6) is 0 Å². The van der Waals surface area contributed by atoms with Gasteiger partial charge >= 0.3 is 0 Å². The van der Waals surface area contributed by atoms with Gasteiger partial charge in [-0.15, -0.1) is 0 Å². The van der Waals surface area contributed by atoms with Crippen LogP contribution in [0, 0.1) is 13.8 Å². The summed E-state index contributed by atoms with van der Waals surface area (Å²) in [5.41, 5.74) is 2.94. The van der Waals surface area contributed by atoms with E-state index < -0.39 is 0 Å². The molecule has 6 heteroatoms. The number of hydrogen-bond donors (Lipinski definition) is 1. The first-order chi connectivity index (χ1) is 11.3. The molecule has 0 aromatic heterocycles. The molecule has 1 fully saturated rings. The smallest absolute Gasteiger partial charge is 0.224 e. The molecule has 1 heterocycles. The molecule has 0 atom stereocenters. The quantitative estimate of drug-likeness (QED) is 0.913. The Labute approximate surface area is 142 Å². The Kier molecular flexibility index (Phi) is 5.95. The number of nitrogens with one attached hydrogen (secondary N) is 1. The van der Waals surface area contributed by atoms with Crippen molar-refractivity contribution in [2.45, 2.75) is 33.6 Å². The lowest BCUT2D eigenvalue weighted by Gasteiger charge is -2.34. The molecule has 6 nitrogen and oxygen atoms in total. The van der Waals surface area contributed by atoms with E-state index in [0.717, 1.165) is 16.8 Å². The minimum atomic E-state index is -0.157. The highest BCUT2D eigenvalue weighted by atomic mass is 16.2. The van der Waals surface area contributed by atoms with Gasteiger partial charge in [0.15, 0.2) is 0 Å². The third kappa shape index (κ3) is 5.08. The van der Waals surface area contributed by atoms with Crippen LogP contribution < -0.4 is 5.32 Å². The number of amides is 3. The van der Waals surface area contributed by atoms with Gasteiger partial charge in [-0.1, -0.05) is 6.07 Å². The van der Waals surface area contributed by atoms with Gasteiger partial charge in [-0.05, 0) is 37.1 Å². The molecule has 0 unspecified atom stereocenters. The molecule has 0 bridgehead atoms. The van der Waals surface area contributed by atoms with Crippen LogP contribution in [0.25, 0.3) is 0 Å². The highest BCUT2D eigenvalue weighted by Gasteiger charge is 2.22. The second kappa shape index (κ2) is 7.95. The molecular formula is C18H25N3O3. The number of piperazine rings is 1. The van der Waals surface area contributed by atoms with Gasteiger partial charge in [-0.3, -0.25) is 14.4 Å². The predicted octanol–water partition coefficient (Wildman–Crippen LogP) is 1.71. The Morgan fingerprint density at radius 1 is 0.917 bits per heavy atom. The maximum absolute atomic E-state index is 12.2. The zero-order chi connectivity index (χ0) is 17.7. The highest BCUT2D eigenvalue weighted by molar-refractivity contribution is 5.93. The Hall–Kier alpha value is -2.37. The molecular weight excluding hydrogens is 306 g/mol. The van der Waals surface area contributed by atoms with E-state index in [1.165, 1.54) is 6.92 Å². The average molecular weight is 331 g/mol. The molecule has 3 amide bonds. The van der Waals surface area contributed by atoms with E-state index in [4.69, 9.17) is 0 Å². The molecule has 1 aliphatic rings. The maximum Gasteiger partial charge on any atom is 0.224 e. The third-order valence-corrected chi connectivity index (χ3v) is 4.15. The molecule has 24 heavy (non-hydrogen) atoms. The number of carbonyl (C=O) groups excluding carboxylic acids is 3. The van der Waals surface area contributed by atoms with Crippen LogP contribution >= 0.6 is 0 Å². The van der Waals surface area contributed by atoms with E-state index in [1.807, 2.05) is 32.0 Å². The topological polar surface area (TPSA) is 69.7 Å². The summed E-state index contributed by atoms with van der Waals surface area (Å²) in [6.07, 6.45) is 0.357. The van der Waals surface area contributed by atoms with Crippen molar-refractivity contribution in [3.8, 4) is 0 Å². The molecule has 1 N–H and O–H groups in total. The first kappa shape index (κ1) is 18.0. The molecule has 1 aromatic carbocycles. The minimum Gasteiger partial charge on any atom is -0.339 e. The molecule has 1 saturated heterocycles. The molecule has 2 rings (SSSR count). The number of nitrogens with zero attached hydrogens (tertiary/aromatic N) is 2. The second-order valence-electron chi connectivity index (χ2n) is 6.31. The van der Waals surface area contributed by atoms with Crippen molar-refractivity contribution >= 4 is 23.4 Å². The van der Waals surface area contributed by atoms with E-state index >= 15 is 0 Å². The molecule has 0 radical (unpaired) electrons. The normalized spacial score (nSPS) is 14.5. The average Bonchev–Trinajstić information content (AvgIpc) is 2.51. The molecule has 0 spiro atoms. The number of rotatable bonds is 4. The van der Waals surface area contributed by atoms with Crippen LogP contribution in [0.15, 0.2) is 18.2 Å². The Morgan fingerprint density at radius 2 is 1.46 bits per heavy atom. The summed E-state index contributed by atoms with van der Waals surface area (Å²) in [7, 11) is 0. The summed E-state index contributed by atoms with van der Waals surface area (Å²) in [5, 5.41) is 2.84. The molecule has 1 aliphatic heterocycles. The molecule has 130 valence electrons. The van der Waals surface area contributed by atoms with Crippen LogP contribution in [0.3, 0.4) is 0 Å². The van der Waals surface area contributed by atoms with E-state index in [0.29, 0.717) is 26.2 Å². The standard InChI is InChI=1S/C18H25N3O3/c1-13-10-14(2)12-16(11-13)19-17(23)4-5-18(24)21-8-6-20(7-9-21)15(3)22/h10-12H,4-9H2,1-3H3,(H,19,23). The van der Waals surface area contributed by atoms with Gasteiger partial charge in [0, 0.05) is 51.6 Å². The monoisotopic (exact) mass is 331 g/mol. The Morgan fingerprint density at radius 3 is 2.00 bits per heavy atom. The summed E-state index contributed by atoms with van der Waals surface area (Å²) in [5.74, 6) is -0.153. The highest BCUT2D eigenvalue weighted by Crippen LogP contribution is 2.14. The lowest BCUT2D eigenvalue weighted by atomic mass is 10.1. The van der Waals surface area contributed by atoms with E-state index in [9.17, 15) is 14.4 Å². The van der Waals surface area contributed by atoms with Crippen molar-refractivity contribution in [2.75, 3.05) is 31.5 Å². The van der Waals surface area contributed by atoms with E-state index in [2.05, 4.69) is 5.32 Å². The van der Waals surface area contributed by atoms with Crippen LogP contribution in [-0.2, 0) is 14.4 Å². The molecule has 0 saturated carbocycles. The number of benzene rings is 1. The van der Waals surface area contributed by atoms with Gasteiger partial charge in [0.05, 0.1) is 0 Å². The summed E-state index contributed by atoms with van der Waals surface area (Å²) in [4.78, 5) is 39.0. The van der Waals surface area contributed by atoms with Crippen LogP contribution in [0.2, 0.25) is 0 Å². The van der Waals surface area contributed by atoms with Gasteiger partial charge in [-0.25, -0.2) is 0 Å². The minimum absolute atomic E-state index is 0.0335. The Balaban J connectivity index is 1.77. The van der Waals surface area contributed by atoms with Gasteiger partial charge in [-0.2, -0.15) is 0 Å². The van der Waals surface area contributed by atoms with Crippen molar-refractivity contribution in [3.63, 3.8) is 0 Å². The predicted molar refractivity (Wildman–Crippen MR) is 92.6 cm³/mol. The lowest BCUT2D eigenvalue weighted by molar-refractivity contribution is -0.138. The zero-order valence-corrected chi connectivity index (χ0v) is 14.6. The third-order valence-electron chi connectivity index (χ3n) is 4.15. The number of hydrogen-bond acceptors (Lipinski definition) is 3. The Bertz CT molecular complexity index is 614. The fraction of sp³-hybridized carbons (Fsp3) is 0.500. The second-order valence-corrected chi connectivity index (χ2v) is 6.31. The van der Waals surface area contributed by atoms with Crippen LogP contribution in [-0.4, -0.2) is 53.7 Å². The SMILES string of the molecule is CC(=O)N1CCN(C(=O)CCC(=O)Nc2cc(C)cc(C)c2)CC1. The van der Waals surface area contributed by atoms with Gasteiger partial charge < -0.3 is 15.1 Å². The number of anilines is 1. The van der Waals surface area contributed by atoms with Gasteiger partial charge in [0.2, 0.25) is 17.7 Å². The summed E-state index contributed by atoms with van der Waals surface area (Å²) >= 11 is 0. The fourth-order valence-electron chi connectivity index (χ4n) is 2.92. The number of aryl methyl sites for hydroxylation is 2. The van der Waals surface area contributed by atoms with Crippen molar-refractivity contribution in [1.29, 1.82) is 0 Å². The van der Waals surface area contributed by atoms with Crippen molar-refractivity contribution in [2.24, 2.45) is 0 Å². The van der Waals surface area contributed by atoms with E-state index in [1.54, 1.807) is 9.80 Å². The van der Waals surface area contributed by atoms with Crippen molar-refractivity contribution in [3.05, 3.63) is 29.3 Å².